The minimum absolute atomic E-state index is 0.153. The molecule has 1 N–H and O–H groups in total. The molecule has 2 aromatic rings. The second-order valence-corrected chi connectivity index (χ2v) is 7.42. The smallest absolute Gasteiger partial charge is 0.270 e. The van der Waals surface area contributed by atoms with Gasteiger partial charge >= 0.3 is 0 Å². The first kappa shape index (κ1) is 21.0. The summed E-state index contributed by atoms with van der Waals surface area (Å²) in [5, 5.41) is 2.90. The van der Waals surface area contributed by atoms with Crippen LogP contribution in [0.2, 0.25) is 0 Å². The zero-order valence-electron chi connectivity index (χ0n) is 17.3. The van der Waals surface area contributed by atoms with Crippen molar-refractivity contribution < 1.29 is 4.79 Å². The van der Waals surface area contributed by atoms with Gasteiger partial charge in [0.1, 0.15) is 17.8 Å². The Morgan fingerprint density at radius 2 is 1.90 bits per heavy atom. The van der Waals surface area contributed by atoms with Crippen molar-refractivity contribution in [3.63, 3.8) is 0 Å². The quantitative estimate of drug-likeness (QED) is 0.734. The highest BCUT2D eigenvalue weighted by atomic mass is 16.1. The van der Waals surface area contributed by atoms with Crippen LogP contribution in [0, 0.1) is 0 Å². The summed E-state index contributed by atoms with van der Waals surface area (Å²) in [6.45, 7) is 6.04. The number of anilines is 1. The standard InChI is InChI=1S/C22H30N6O/c1-26(2)12-10-23-22(29)20-17-21(25-18-24-20)28-15-13-27(14-16-28)11-6-9-19-7-4-3-5-8-19/h3-9,17-18H,10-16H2,1-2H3,(H,23,29)/b9-6+. The molecule has 1 aromatic carbocycles. The van der Waals surface area contributed by atoms with Crippen molar-refractivity contribution >= 4 is 17.8 Å². The lowest BCUT2D eigenvalue weighted by atomic mass is 10.2. The monoisotopic (exact) mass is 394 g/mol. The zero-order valence-corrected chi connectivity index (χ0v) is 17.3. The molecule has 7 heteroatoms. The molecule has 154 valence electrons. The molecule has 0 bridgehead atoms. The Kier molecular flexibility index (Phi) is 7.72. The van der Waals surface area contributed by atoms with Crippen molar-refractivity contribution in [3.05, 3.63) is 60.1 Å². The van der Waals surface area contributed by atoms with Crippen LogP contribution in [-0.2, 0) is 0 Å². The van der Waals surface area contributed by atoms with Gasteiger partial charge in [0.15, 0.2) is 0 Å². The van der Waals surface area contributed by atoms with E-state index in [1.165, 1.54) is 11.9 Å². The van der Waals surface area contributed by atoms with Gasteiger partial charge in [-0.15, -0.1) is 0 Å². The van der Waals surface area contributed by atoms with Crippen LogP contribution in [0.15, 0.2) is 48.8 Å². The molecule has 0 unspecified atom stereocenters. The molecule has 7 nitrogen and oxygen atoms in total. The van der Waals surface area contributed by atoms with E-state index < -0.39 is 0 Å². The van der Waals surface area contributed by atoms with Crippen molar-refractivity contribution in [1.29, 1.82) is 0 Å². The number of piperazine rings is 1. The van der Waals surface area contributed by atoms with E-state index in [0.717, 1.165) is 45.1 Å². The Hall–Kier alpha value is -2.77. The topological polar surface area (TPSA) is 64.6 Å². The molecule has 1 aliphatic heterocycles. The summed E-state index contributed by atoms with van der Waals surface area (Å²) >= 11 is 0. The average molecular weight is 395 g/mol. The lowest BCUT2D eigenvalue weighted by Crippen LogP contribution is -2.46. The Labute approximate surface area is 173 Å². The van der Waals surface area contributed by atoms with E-state index in [4.69, 9.17) is 0 Å². The maximum atomic E-state index is 12.3. The number of nitrogens with zero attached hydrogens (tertiary/aromatic N) is 5. The fourth-order valence-electron chi connectivity index (χ4n) is 3.19. The Bertz CT molecular complexity index is 800. The van der Waals surface area contributed by atoms with Crippen LogP contribution in [0.4, 0.5) is 5.82 Å². The second-order valence-electron chi connectivity index (χ2n) is 7.42. The summed E-state index contributed by atoms with van der Waals surface area (Å²) in [6.07, 6.45) is 5.86. The van der Waals surface area contributed by atoms with Gasteiger partial charge < -0.3 is 15.1 Å². The van der Waals surface area contributed by atoms with Crippen LogP contribution in [0.3, 0.4) is 0 Å². The third-order valence-corrected chi connectivity index (χ3v) is 4.90. The molecular weight excluding hydrogens is 364 g/mol. The van der Waals surface area contributed by atoms with Gasteiger partial charge in [-0.25, -0.2) is 9.97 Å². The first-order valence-corrected chi connectivity index (χ1v) is 10.1. The number of likely N-dealkylation sites (N-methyl/N-ethyl adjacent to an activating group) is 1. The minimum atomic E-state index is -0.153. The van der Waals surface area contributed by atoms with Gasteiger partial charge in [-0.05, 0) is 19.7 Å². The number of carbonyl (C=O) groups excluding carboxylic acids is 1. The van der Waals surface area contributed by atoms with Crippen molar-refractivity contribution in [3.8, 4) is 0 Å². The number of amides is 1. The summed E-state index contributed by atoms with van der Waals surface area (Å²) < 4.78 is 0. The Morgan fingerprint density at radius 3 is 2.62 bits per heavy atom. The van der Waals surface area contributed by atoms with E-state index >= 15 is 0 Å². The SMILES string of the molecule is CN(C)CCNC(=O)c1cc(N2CCN(C/C=C/c3ccccc3)CC2)ncn1. The van der Waals surface area contributed by atoms with Crippen molar-refractivity contribution in [2.45, 2.75) is 0 Å². The molecule has 0 radical (unpaired) electrons. The normalized spacial score (nSPS) is 15.2. The molecule has 0 atom stereocenters. The minimum Gasteiger partial charge on any atom is -0.354 e. The van der Waals surface area contributed by atoms with Crippen LogP contribution in [0.25, 0.3) is 6.08 Å². The number of carbonyl (C=O) groups is 1. The molecule has 0 saturated carbocycles. The molecule has 1 aromatic heterocycles. The van der Waals surface area contributed by atoms with Crippen LogP contribution in [-0.4, -0.2) is 85.6 Å². The van der Waals surface area contributed by atoms with E-state index in [0.29, 0.717) is 12.2 Å². The number of rotatable bonds is 8. The first-order valence-electron chi connectivity index (χ1n) is 10.1. The number of nitrogens with one attached hydrogen (secondary N) is 1. The van der Waals surface area contributed by atoms with E-state index in [-0.39, 0.29) is 5.91 Å². The first-order chi connectivity index (χ1) is 14.1. The maximum absolute atomic E-state index is 12.3. The van der Waals surface area contributed by atoms with E-state index in [1.54, 1.807) is 6.07 Å². The zero-order chi connectivity index (χ0) is 20.5. The van der Waals surface area contributed by atoms with Crippen LogP contribution in [0.1, 0.15) is 16.1 Å². The summed E-state index contributed by atoms with van der Waals surface area (Å²) in [5.41, 5.74) is 1.64. The highest BCUT2D eigenvalue weighted by Crippen LogP contribution is 2.14. The molecule has 3 rings (SSSR count). The predicted molar refractivity (Wildman–Crippen MR) is 117 cm³/mol. The van der Waals surface area contributed by atoms with Gasteiger partial charge in [0.05, 0.1) is 0 Å². The van der Waals surface area contributed by atoms with E-state index in [1.807, 2.05) is 25.1 Å². The van der Waals surface area contributed by atoms with Crippen LogP contribution < -0.4 is 10.2 Å². The third-order valence-electron chi connectivity index (χ3n) is 4.90. The van der Waals surface area contributed by atoms with Gasteiger partial charge in [-0.1, -0.05) is 42.5 Å². The lowest BCUT2D eigenvalue weighted by molar-refractivity contribution is 0.0946. The van der Waals surface area contributed by atoms with Gasteiger partial charge in [0.2, 0.25) is 0 Å². The van der Waals surface area contributed by atoms with Crippen molar-refractivity contribution in [1.82, 2.24) is 25.1 Å². The second kappa shape index (κ2) is 10.7. The maximum Gasteiger partial charge on any atom is 0.270 e. The lowest BCUT2D eigenvalue weighted by Gasteiger charge is -2.34. The fraction of sp³-hybridized carbons (Fsp3) is 0.409. The number of benzene rings is 1. The Balaban J connectivity index is 1.48. The number of hydrogen-bond donors (Lipinski definition) is 1. The molecule has 1 amide bonds. The molecule has 1 aliphatic rings. The molecule has 1 saturated heterocycles. The predicted octanol–water partition coefficient (Wildman–Crippen LogP) is 1.60. The molecule has 1 fully saturated rings. The molecular formula is C22H30N6O. The van der Waals surface area contributed by atoms with Crippen molar-refractivity contribution in [2.24, 2.45) is 0 Å². The summed E-state index contributed by atoms with van der Waals surface area (Å²) in [7, 11) is 3.96. The average Bonchev–Trinajstić information content (AvgIpc) is 2.75. The van der Waals surface area contributed by atoms with Crippen LogP contribution >= 0.6 is 0 Å². The summed E-state index contributed by atoms with van der Waals surface area (Å²) in [5.74, 6) is 0.664. The van der Waals surface area contributed by atoms with Crippen LogP contribution in [0.5, 0.6) is 0 Å². The third kappa shape index (κ3) is 6.66. The number of hydrogen-bond acceptors (Lipinski definition) is 6. The summed E-state index contributed by atoms with van der Waals surface area (Å²) in [4.78, 5) is 27.5. The highest BCUT2D eigenvalue weighted by Gasteiger charge is 2.18. The summed E-state index contributed by atoms with van der Waals surface area (Å²) in [6, 6.07) is 12.1. The van der Waals surface area contributed by atoms with Gasteiger partial charge in [0.25, 0.3) is 5.91 Å². The number of aromatic nitrogens is 2. The molecule has 0 spiro atoms. The van der Waals surface area contributed by atoms with E-state index in [9.17, 15) is 4.79 Å². The van der Waals surface area contributed by atoms with E-state index in [2.05, 4.69) is 61.5 Å². The molecule has 0 aliphatic carbocycles. The highest BCUT2D eigenvalue weighted by molar-refractivity contribution is 5.92. The molecule has 2 heterocycles. The van der Waals surface area contributed by atoms with Gasteiger partial charge in [-0.2, -0.15) is 0 Å². The van der Waals surface area contributed by atoms with Crippen molar-refractivity contribution in [2.75, 3.05) is 64.8 Å². The van der Waals surface area contributed by atoms with Gasteiger partial charge in [0, 0.05) is 51.9 Å². The largest absolute Gasteiger partial charge is 0.354 e. The Morgan fingerprint density at radius 1 is 1.14 bits per heavy atom. The van der Waals surface area contributed by atoms with Gasteiger partial charge in [-0.3, -0.25) is 9.69 Å². The molecule has 29 heavy (non-hydrogen) atoms. The fourth-order valence-corrected chi connectivity index (χ4v) is 3.19.